The third kappa shape index (κ3) is 5.00. The van der Waals surface area contributed by atoms with Gasteiger partial charge in [-0.25, -0.2) is 4.39 Å². The second kappa shape index (κ2) is 7.40. The number of allylic oxidation sites excluding steroid dienone is 4. The van der Waals surface area contributed by atoms with Gasteiger partial charge in [-0.2, -0.15) is 0 Å². The Morgan fingerprint density at radius 3 is 2.33 bits per heavy atom. The van der Waals surface area contributed by atoms with Crippen molar-refractivity contribution >= 4 is 0 Å². The zero-order valence-corrected chi connectivity index (χ0v) is 13.7. The van der Waals surface area contributed by atoms with Gasteiger partial charge in [0.2, 0.25) is 0 Å². The summed E-state index contributed by atoms with van der Waals surface area (Å²) in [6, 6.07) is 7.07. The van der Waals surface area contributed by atoms with Gasteiger partial charge in [-0.3, -0.25) is 0 Å². The van der Waals surface area contributed by atoms with E-state index in [-0.39, 0.29) is 17.2 Å². The smallest absolute Gasteiger partial charge is 0.126 e. The fourth-order valence-corrected chi connectivity index (χ4v) is 3.14. The van der Waals surface area contributed by atoms with Crippen LogP contribution in [0.3, 0.4) is 0 Å². The molecule has 0 fully saturated rings. The van der Waals surface area contributed by atoms with E-state index in [1.807, 2.05) is 24.3 Å². The molecule has 0 aliphatic heterocycles. The van der Waals surface area contributed by atoms with Gasteiger partial charge in [-0.1, -0.05) is 69.9 Å². The number of halogens is 1. The van der Waals surface area contributed by atoms with Crippen molar-refractivity contribution in [2.45, 2.75) is 46.5 Å². The van der Waals surface area contributed by atoms with Crippen molar-refractivity contribution in [3.63, 3.8) is 0 Å². The van der Waals surface area contributed by atoms with Crippen LogP contribution in [0.2, 0.25) is 0 Å². The highest BCUT2D eigenvalue weighted by molar-refractivity contribution is 5.33. The summed E-state index contributed by atoms with van der Waals surface area (Å²) in [4.78, 5) is 0. The van der Waals surface area contributed by atoms with E-state index in [0.29, 0.717) is 0 Å². The van der Waals surface area contributed by atoms with E-state index in [0.717, 1.165) is 24.0 Å². The Balaban J connectivity index is 2.85. The third-order valence-corrected chi connectivity index (χ3v) is 3.97. The van der Waals surface area contributed by atoms with E-state index in [9.17, 15) is 4.39 Å². The molecule has 0 bridgehead atoms. The molecule has 0 heterocycles. The Morgan fingerprint density at radius 1 is 1.24 bits per heavy atom. The summed E-state index contributed by atoms with van der Waals surface area (Å²) in [5.41, 5.74) is 3.29. The molecule has 0 saturated carbocycles. The van der Waals surface area contributed by atoms with E-state index >= 15 is 0 Å². The van der Waals surface area contributed by atoms with E-state index in [4.69, 9.17) is 0 Å². The third-order valence-electron chi connectivity index (χ3n) is 3.97. The fourth-order valence-electron chi connectivity index (χ4n) is 3.14. The standard InChI is InChI=1S/C20H27F/c1-7-17(8-2)15(3)13-20(5,6)14-16(4)18-11-9-10-12-19(18)21/h7-12,16H,1-2,13-14H2,3-6H3. The molecule has 0 aromatic heterocycles. The molecule has 0 spiro atoms. The minimum Gasteiger partial charge on any atom is -0.207 e. The Kier molecular flexibility index (Phi) is 6.14. The number of benzene rings is 1. The second-order valence-corrected chi connectivity index (χ2v) is 6.61. The minimum absolute atomic E-state index is 0.100. The van der Waals surface area contributed by atoms with Crippen LogP contribution in [0.1, 0.15) is 52.0 Å². The number of hydrogen-bond acceptors (Lipinski definition) is 0. The van der Waals surface area contributed by atoms with E-state index in [1.165, 1.54) is 11.6 Å². The molecule has 0 nitrogen and oxygen atoms in total. The van der Waals surface area contributed by atoms with Crippen molar-refractivity contribution in [3.05, 3.63) is 72.1 Å². The molecule has 1 rings (SSSR count). The predicted molar refractivity (Wildman–Crippen MR) is 90.9 cm³/mol. The van der Waals surface area contributed by atoms with Crippen LogP contribution < -0.4 is 0 Å². The number of rotatable bonds is 7. The second-order valence-electron chi connectivity index (χ2n) is 6.61. The first kappa shape index (κ1) is 17.4. The summed E-state index contributed by atoms with van der Waals surface area (Å²) in [6.45, 7) is 16.3. The van der Waals surface area contributed by atoms with E-state index in [2.05, 4.69) is 40.9 Å². The summed E-state index contributed by atoms with van der Waals surface area (Å²) < 4.78 is 13.9. The summed E-state index contributed by atoms with van der Waals surface area (Å²) in [7, 11) is 0. The number of hydrogen-bond donors (Lipinski definition) is 0. The van der Waals surface area contributed by atoms with Gasteiger partial charge >= 0.3 is 0 Å². The molecule has 0 N–H and O–H groups in total. The lowest BCUT2D eigenvalue weighted by atomic mass is 9.76. The normalized spacial score (nSPS) is 12.6. The van der Waals surface area contributed by atoms with Crippen LogP contribution in [0.25, 0.3) is 0 Å². The predicted octanol–water partition coefficient (Wildman–Crippen LogP) is 6.42. The fraction of sp³-hybridized carbons (Fsp3) is 0.400. The van der Waals surface area contributed by atoms with Gasteiger partial charge in [0.25, 0.3) is 0 Å². The average molecular weight is 286 g/mol. The molecule has 0 radical (unpaired) electrons. The molecule has 1 atom stereocenters. The van der Waals surface area contributed by atoms with Crippen LogP contribution in [0, 0.1) is 11.2 Å². The highest BCUT2D eigenvalue weighted by Gasteiger charge is 2.24. The Hall–Kier alpha value is -1.63. The van der Waals surface area contributed by atoms with Gasteiger partial charge in [0, 0.05) is 0 Å². The zero-order chi connectivity index (χ0) is 16.0. The lowest BCUT2D eigenvalue weighted by molar-refractivity contribution is 0.305. The molecule has 1 aromatic carbocycles. The first-order valence-corrected chi connectivity index (χ1v) is 7.50. The first-order chi connectivity index (χ1) is 9.80. The molecule has 21 heavy (non-hydrogen) atoms. The molecular weight excluding hydrogens is 259 g/mol. The Morgan fingerprint density at radius 2 is 1.81 bits per heavy atom. The first-order valence-electron chi connectivity index (χ1n) is 7.50. The quantitative estimate of drug-likeness (QED) is 0.507. The molecule has 1 unspecified atom stereocenters. The Labute approximate surface area is 129 Å². The topological polar surface area (TPSA) is 0 Å². The highest BCUT2D eigenvalue weighted by atomic mass is 19.1. The molecular formula is C20H27F. The SMILES string of the molecule is C=CC(C=C)=C(C)CC(C)(C)CC(C)c1ccccc1F. The summed E-state index contributed by atoms with van der Waals surface area (Å²) in [6.07, 6.45) is 5.59. The van der Waals surface area contributed by atoms with Gasteiger partial charge in [0.15, 0.2) is 0 Å². The van der Waals surface area contributed by atoms with Gasteiger partial charge in [-0.15, -0.1) is 0 Å². The van der Waals surface area contributed by atoms with Crippen LogP contribution in [-0.4, -0.2) is 0 Å². The van der Waals surface area contributed by atoms with Crippen molar-refractivity contribution in [2.75, 3.05) is 0 Å². The largest absolute Gasteiger partial charge is 0.207 e. The molecule has 1 heteroatoms. The van der Waals surface area contributed by atoms with Crippen LogP contribution >= 0.6 is 0 Å². The van der Waals surface area contributed by atoms with Crippen molar-refractivity contribution in [3.8, 4) is 0 Å². The molecule has 114 valence electrons. The van der Waals surface area contributed by atoms with Crippen molar-refractivity contribution in [2.24, 2.45) is 5.41 Å². The molecule has 0 aliphatic carbocycles. The molecule has 0 aliphatic rings. The lowest BCUT2D eigenvalue weighted by Crippen LogP contribution is -2.16. The average Bonchev–Trinajstić information content (AvgIpc) is 2.39. The summed E-state index contributed by atoms with van der Waals surface area (Å²) in [5.74, 6) is 0.0934. The van der Waals surface area contributed by atoms with Crippen molar-refractivity contribution in [1.29, 1.82) is 0 Å². The van der Waals surface area contributed by atoms with Crippen LogP contribution in [0.5, 0.6) is 0 Å². The lowest BCUT2D eigenvalue weighted by Gasteiger charge is -2.29. The summed E-state index contributed by atoms with van der Waals surface area (Å²) >= 11 is 0. The van der Waals surface area contributed by atoms with Crippen LogP contribution in [0.4, 0.5) is 4.39 Å². The maximum absolute atomic E-state index is 13.9. The van der Waals surface area contributed by atoms with Crippen molar-refractivity contribution < 1.29 is 4.39 Å². The zero-order valence-electron chi connectivity index (χ0n) is 13.7. The van der Waals surface area contributed by atoms with E-state index in [1.54, 1.807) is 6.07 Å². The summed E-state index contributed by atoms with van der Waals surface area (Å²) in [5, 5.41) is 0. The monoisotopic (exact) mass is 286 g/mol. The Bertz CT molecular complexity index is 525. The van der Waals surface area contributed by atoms with Crippen LogP contribution in [0.15, 0.2) is 60.7 Å². The molecule has 0 amide bonds. The van der Waals surface area contributed by atoms with Gasteiger partial charge in [0.05, 0.1) is 0 Å². The van der Waals surface area contributed by atoms with Gasteiger partial charge in [-0.05, 0) is 48.3 Å². The maximum Gasteiger partial charge on any atom is 0.126 e. The molecule has 0 saturated heterocycles. The van der Waals surface area contributed by atoms with Crippen LogP contribution in [-0.2, 0) is 0 Å². The minimum atomic E-state index is -0.106. The molecule has 1 aromatic rings. The van der Waals surface area contributed by atoms with E-state index < -0.39 is 0 Å². The highest BCUT2D eigenvalue weighted by Crippen LogP contribution is 2.37. The maximum atomic E-state index is 13.9. The van der Waals surface area contributed by atoms with Gasteiger partial charge < -0.3 is 0 Å². The van der Waals surface area contributed by atoms with Gasteiger partial charge in [0.1, 0.15) is 5.82 Å². The van der Waals surface area contributed by atoms with Crippen molar-refractivity contribution in [1.82, 2.24) is 0 Å².